The summed E-state index contributed by atoms with van der Waals surface area (Å²) in [6, 6.07) is 11.1. The van der Waals surface area contributed by atoms with Gasteiger partial charge >= 0.3 is 6.03 Å². The predicted molar refractivity (Wildman–Crippen MR) is 147 cm³/mol. The van der Waals surface area contributed by atoms with Gasteiger partial charge in [-0.05, 0) is 66.9 Å². The molecule has 3 aromatic rings. The zero-order chi connectivity index (χ0) is 27.6. The van der Waals surface area contributed by atoms with Crippen LogP contribution in [-0.2, 0) is 28.6 Å². The Morgan fingerprint density at radius 3 is 2.58 bits per heavy atom. The molecule has 0 fully saturated rings. The van der Waals surface area contributed by atoms with E-state index in [0.29, 0.717) is 16.9 Å². The summed E-state index contributed by atoms with van der Waals surface area (Å²) < 4.78 is 46.0. The zero-order valence-corrected chi connectivity index (χ0v) is 23.5. The average Bonchev–Trinajstić information content (AvgIpc) is 2.86. The SMILES string of the molecule is COc1ccc(C(C)NC(=O)Nc2ccc(S(=O)(=O)Cc3ccc4c(c3)CCN(C)C4)cc2F)c(Cl)c1Cl. The maximum absolute atomic E-state index is 14.8. The van der Waals surface area contributed by atoms with E-state index in [4.69, 9.17) is 27.9 Å². The molecule has 0 saturated heterocycles. The number of likely N-dealkylation sites (N-methyl/N-ethyl adjacent to an activating group) is 1. The van der Waals surface area contributed by atoms with Gasteiger partial charge in [0.15, 0.2) is 9.84 Å². The first-order chi connectivity index (χ1) is 18.0. The molecule has 2 N–H and O–H groups in total. The number of fused-ring (bicyclic) bond motifs is 1. The van der Waals surface area contributed by atoms with Crippen LogP contribution >= 0.6 is 23.2 Å². The van der Waals surface area contributed by atoms with Gasteiger partial charge in [-0.15, -0.1) is 0 Å². The Labute approximate surface area is 231 Å². The van der Waals surface area contributed by atoms with Crippen LogP contribution in [0.4, 0.5) is 14.9 Å². The van der Waals surface area contributed by atoms with Crippen LogP contribution in [0.1, 0.15) is 35.2 Å². The highest BCUT2D eigenvalue weighted by Crippen LogP contribution is 2.37. The van der Waals surface area contributed by atoms with Crippen LogP contribution in [0.25, 0.3) is 0 Å². The Hall–Kier alpha value is -2.85. The molecule has 1 unspecified atom stereocenters. The number of nitrogens with zero attached hydrogens (tertiary/aromatic N) is 1. The average molecular weight is 581 g/mol. The van der Waals surface area contributed by atoms with Crippen molar-refractivity contribution in [2.24, 2.45) is 0 Å². The number of nitrogens with one attached hydrogen (secondary N) is 2. The number of anilines is 1. The van der Waals surface area contributed by atoms with Crippen LogP contribution in [0.15, 0.2) is 53.4 Å². The number of hydrogen-bond donors (Lipinski definition) is 2. The molecule has 38 heavy (non-hydrogen) atoms. The molecule has 202 valence electrons. The number of carbonyl (C=O) groups excluding carboxylic acids is 1. The van der Waals surface area contributed by atoms with Gasteiger partial charge in [0.1, 0.15) is 16.6 Å². The van der Waals surface area contributed by atoms with E-state index in [1.54, 1.807) is 25.1 Å². The summed E-state index contributed by atoms with van der Waals surface area (Å²) in [6.07, 6.45) is 0.854. The molecule has 0 radical (unpaired) electrons. The molecule has 7 nitrogen and oxygen atoms in total. The highest BCUT2D eigenvalue weighted by molar-refractivity contribution is 7.90. The van der Waals surface area contributed by atoms with Crippen molar-refractivity contribution in [1.29, 1.82) is 0 Å². The number of methoxy groups -OCH3 is 1. The number of halogens is 3. The topological polar surface area (TPSA) is 87.7 Å². The third-order valence-corrected chi connectivity index (χ3v) is 9.05. The highest BCUT2D eigenvalue weighted by Gasteiger charge is 2.21. The van der Waals surface area contributed by atoms with E-state index in [-0.39, 0.29) is 26.4 Å². The standard InChI is InChI=1S/C27H28Cl2FN3O4S/c1-16(21-7-9-24(37-3)26(29)25(21)28)31-27(34)32-23-8-6-20(13-22(23)30)38(35,36)15-17-4-5-19-14-33(2)11-10-18(19)12-17/h4-9,12-13,16H,10-11,14-15H2,1-3H3,(H2,31,32,34). The lowest BCUT2D eigenvalue weighted by Crippen LogP contribution is -2.31. The van der Waals surface area contributed by atoms with E-state index in [0.717, 1.165) is 31.1 Å². The minimum absolute atomic E-state index is 0.161. The van der Waals surface area contributed by atoms with Crippen LogP contribution in [0.2, 0.25) is 10.0 Å². The first kappa shape index (κ1) is 28.2. The molecule has 0 aromatic heterocycles. The summed E-state index contributed by atoms with van der Waals surface area (Å²) >= 11 is 12.5. The summed E-state index contributed by atoms with van der Waals surface area (Å²) in [5.74, 6) is -0.715. The zero-order valence-electron chi connectivity index (χ0n) is 21.1. The quantitative estimate of drug-likeness (QED) is 0.359. The number of urea groups is 1. The maximum atomic E-state index is 14.8. The fourth-order valence-corrected chi connectivity index (χ4v) is 6.31. The van der Waals surface area contributed by atoms with Crippen LogP contribution in [0.3, 0.4) is 0 Å². The first-order valence-electron chi connectivity index (χ1n) is 11.9. The lowest BCUT2D eigenvalue weighted by molar-refractivity contribution is 0.249. The number of benzene rings is 3. The molecule has 0 aliphatic carbocycles. The lowest BCUT2D eigenvalue weighted by atomic mass is 9.98. The van der Waals surface area contributed by atoms with Gasteiger partial charge in [-0.3, -0.25) is 0 Å². The molecular weight excluding hydrogens is 552 g/mol. The fourth-order valence-electron chi connectivity index (χ4n) is 4.40. The third-order valence-electron chi connectivity index (χ3n) is 6.49. The Morgan fingerprint density at radius 2 is 1.87 bits per heavy atom. The molecule has 4 rings (SSSR count). The van der Waals surface area contributed by atoms with Crippen molar-refractivity contribution in [3.8, 4) is 5.75 Å². The normalized spacial score (nSPS) is 14.5. The van der Waals surface area contributed by atoms with Crippen LogP contribution in [-0.4, -0.2) is 40.1 Å². The van der Waals surface area contributed by atoms with E-state index in [9.17, 15) is 17.6 Å². The summed E-state index contributed by atoms with van der Waals surface area (Å²) in [5.41, 5.74) is 3.36. The number of ether oxygens (including phenoxy) is 1. The van der Waals surface area contributed by atoms with Gasteiger partial charge in [0, 0.05) is 13.1 Å². The van der Waals surface area contributed by atoms with Crippen molar-refractivity contribution in [2.75, 3.05) is 26.0 Å². The molecule has 1 heterocycles. The number of sulfone groups is 1. The summed E-state index contributed by atoms with van der Waals surface area (Å²) in [5, 5.41) is 5.51. The smallest absolute Gasteiger partial charge is 0.319 e. The van der Waals surface area contributed by atoms with E-state index in [1.165, 1.54) is 24.8 Å². The van der Waals surface area contributed by atoms with E-state index >= 15 is 0 Å². The molecule has 0 bridgehead atoms. The molecule has 3 aromatic carbocycles. The maximum Gasteiger partial charge on any atom is 0.319 e. The third kappa shape index (κ3) is 6.23. The van der Waals surface area contributed by atoms with Crippen LogP contribution in [0.5, 0.6) is 5.75 Å². The number of amides is 2. The molecule has 1 atom stereocenters. The van der Waals surface area contributed by atoms with E-state index in [1.807, 2.05) is 19.2 Å². The highest BCUT2D eigenvalue weighted by atomic mass is 35.5. The van der Waals surface area contributed by atoms with Crippen LogP contribution < -0.4 is 15.4 Å². The minimum atomic E-state index is -3.80. The lowest BCUT2D eigenvalue weighted by Gasteiger charge is -2.25. The largest absolute Gasteiger partial charge is 0.495 e. The monoisotopic (exact) mass is 579 g/mol. The second kappa shape index (κ2) is 11.5. The van der Waals surface area contributed by atoms with Crippen molar-refractivity contribution in [3.05, 3.63) is 86.6 Å². The second-order valence-corrected chi connectivity index (χ2v) is 12.0. The van der Waals surface area contributed by atoms with E-state index in [2.05, 4.69) is 15.5 Å². The van der Waals surface area contributed by atoms with Gasteiger partial charge in [0.2, 0.25) is 0 Å². The molecular formula is C27H28Cl2FN3O4S. The summed E-state index contributed by atoms with van der Waals surface area (Å²) in [7, 11) is -0.295. The fraction of sp³-hybridized carbons (Fsp3) is 0.296. The van der Waals surface area contributed by atoms with Crippen molar-refractivity contribution < 1.29 is 22.3 Å². The summed E-state index contributed by atoms with van der Waals surface area (Å²) in [6.45, 7) is 3.43. The predicted octanol–water partition coefficient (Wildman–Crippen LogP) is 5.99. The Balaban J connectivity index is 1.43. The Kier molecular flexibility index (Phi) is 8.52. The van der Waals surface area contributed by atoms with Gasteiger partial charge < -0.3 is 20.3 Å². The Morgan fingerprint density at radius 1 is 1.11 bits per heavy atom. The number of rotatable bonds is 7. The van der Waals surface area contributed by atoms with Gasteiger partial charge in [-0.2, -0.15) is 0 Å². The molecule has 1 aliphatic heterocycles. The van der Waals surface area contributed by atoms with Gasteiger partial charge in [0.25, 0.3) is 0 Å². The molecule has 0 saturated carbocycles. The molecule has 11 heteroatoms. The van der Waals surface area contributed by atoms with Gasteiger partial charge in [0.05, 0.1) is 34.5 Å². The van der Waals surface area contributed by atoms with Crippen molar-refractivity contribution >= 4 is 44.8 Å². The number of carbonyl (C=O) groups is 1. The van der Waals surface area contributed by atoms with Crippen molar-refractivity contribution in [1.82, 2.24) is 10.2 Å². The Bertz CT molecular complexity index is 1480. The first-order valence-corrected chi connectivity index (χ1v) is 14.3. The second-order valence-electron chi connectivity index (χ2n) is 9.30. The molecule has 0 spiro atoms. The van der Waals surface area contributed by atoms with E-state index < -0.39 is 27.7 Å². The van der Waals surface area contributed by atoms with Gasteiger partial charge in [-0.25, -0.2) is 17.6 Å². The summed E-state index contributed by atoms with van der Waals surface area (Å²) in [4.78, 5) is 14.6. The van der Waals surface area contributed by atoms with Crippen LogP contribution in [0, 0.1) is 5.82 Å². The van der Waals surface area contributed by atoms with Gasteiger partial charge in [-0.1, -0.05) is 47.5 Å². The molecule has 2 amide bonds. The molecule has 1 aliphatic rings. The van der Waals surface area contributed by atoms with Crippen molar-refractivity contribution in [2.45, 2.75) is 36.6 Å². The number of hydrogen-bond acceptors (Lipinski definition) is 5. The van der Waals surface area contributed by atoms with Crippen molar-refractivity contribution in [3.63, 3.8) is 0 Å². The minimum Gasteiger partial charge on any atom is -0.495 e.